The smallest absolute Gasteiger partial charge is 0.322 e. The second-order valence-electron chi connectivity index (χ2n) is 6.29. The van der Waals surface area contributed by atoms with Gasteiger partial charge < -0.3 is 10.2 Å². The van der Waals surface area contributed by atoms with Gasteiger partial charge in [0.05, 0.1) is 0 Å². The Hall–Kier alpha value is -3.29. The average Bonchev–Trinajstić information content (AvgIpc) is 2.83. The molecule has 0 bridgehead atoms. The Morgan fingerprint density at radius 3 is 2.37 bits per heavy atom. The number of halogens is 1. The molecule has 140 valence electrons. The first-order valence-electron chi connectivity index (χ1n) is 8.54. The van der Waals surface area contributed by atoms with Crippen molar-refractivity contribution >= 4 is 17.8 Å². The molecule has 1 saturated heterocycles. The van der Waals surface area contributed by atoms with Gasteiger partial charge in [0.25, 0.3) is 0 Å². The van der Waals surface area contributed by atoms with Crippen molar-refractivity contribution in [1.82, 2.24) is 20.5 Å². The molecule has 4 amide bonds. The molecule has 2 aromatic rings. The maximum absolute atomic E-state index is 13.2. The molecule has 3 rings (SSSR count). The maximum atomic E-state index is 13.2. The van der Waals surface area contributed by atoms with E-state index in [0.29, 0.717) is 6.54 Å². The molecule has 8 heteroatoms. The third-order valence-corrected chi connectivity index (χ3v) is 4.24. The molecule has 1 aliphatic rings. The van der Waals surface area contributed by atoms with Crippen LogP contribution in [0.3, 0.4) is 0 Å². The first-order chi connectivity index (χ1) is 13.0. The number of hydrogen-bond acceptors (Lipinski definition) is 4. The topological polar surface area (TPSA) is 91.4 Å². The van der Waals surface area contributed by atoms with E-state index in [-0.39, 0.29) is 31.1 Å². The van der Waals surface area contributed by atoms with Gasteiger partial charge in [-0.2, -0.15) is 0 Å². The van der Waals surface area contributed by atoms with Crippen LogP contribution in [0.2, 0.25) is 0 Å². The number of pyridine rings is 1. The van der Waals surface area contributed by atoms with Crippen LogP contribution in [-0.4, -0.2) is 33.8 Å². The number of rotatable bonds is 5. The Kier molecular flexibility index (Phi) is 5.75. The highest BCUT2D eigenvalue weighted by atomic mass is 19.1. The predicted molar refractivity (Wildman–Crippen MR) is 94.6 cm³/mol. The summed E-state index contributed by atoms with van der Waals surface area (Å²) in [5.74, 6) is -1.07. The van der Waals surface area contributed by atoms with E-state index in [0.717, 1.165) is 11.1 Å². The van der Waals surface area contributed by atoms with Crippen LogP contribution in [-0.2, 0) is 22.7 Å². The summed E-state index contributed by atoms with van der Waals surface area (Å²) in [6.07, 6.45) is 3.55. The summed E-state index contributed by atoms with van der Waals surface area (Å²) in [7, 11) is 0. The van der Waals surface area contributed by atoms with Crippen LogP contribution in [0, 0.1) is 5.82 Å². The van der Waals surface area contributed by atoms with E-state index in [1.54, 1.807) is 41.6 Å². The zero-order chi connectivity index (χ0) is 19.2. The van der Waals surface area contributed by atoms with Crippen molar-refractivity contribution in [1.29, 1.82) is 0 Å². The van der Waals surface area contributed by atoms with Gasteiger partial charge in [-0.05, 0) is 41.8 Å². The number of aromatic nitrogens is 1. The molecular weight excluding hydrogens is 351 g/mol. The van der Waals surface area contributed by atoms with Gasteiger partial charge in [-0.25, -0.2) is 9.18 Å². The van der Waals surface area contributed by atoms with Crippen LogP contribution in [0.4, 0.5) is 9.18 Å². The quantitative estimate of drug-likeness (QED) is 0.839. The van der Waals surface area contributed by atoms with Gasteiger partial charge in [0.15, 0.2) is 0 Å². The first kappa shape index (κ1) is 18.5. The van der Waals surface area contributed by atoms with E-state index >= 15 is 0 Å². The second-order valence-corrected chi connectivity index (χ2v) is 6.29. The number of urea groups is 1. The number of nitrogens with one attached hydrogen (secondary N) is 2. The van der Waals surface area contributed by atoms with Gasteiger partial charge in [-0.3, -0.25) is 19.9 Å². The molecule has 1 aromatic heterocycles. The van der Waals surface area contributed by atoms with Gasteiger partial charge in [-0.15, -0.1) is 0 Å². The molecule has 2 N–H and O–H groups in total. The van der Waals surface area contributed by atoms with Crippen LogP contribution in [0.25, 0.3) is 0 Å². The van der Waals surface area contributed by atoms with Crippen LogP contribution in [0.1, 0.15) is 24.0 Å². The molecule has 1 fully saturated rings. The van der Waals surface area contributed by atoms with Crippen molar-refractivity contribution in [2.45, 2.75) is 32.0 Å². The minimum absolute atomic E-state index is 0.0782. The molecule has 1 atom stereocenters. The summed E-state index contributed by atoms with van der Waals surface area (Å²) in [5, 5.41) is 4.70. The lowest BCUT2D eigenvalue weighted by Crippen LogP contribution is -2.49. The highest BCUT2D eigenvalue weighted by Crippen LogP contribution is 2.14. The van der Waals surface area contributed by atoms with Gasteiger partial charge in [0, 0.05) is 31.9 Å². The SMILES string of the molecule is O=C1CC[C@@H](C(=O)N(Cc2ccncc2)Cc2ccc(F)cc2)NC(=O)N1. The fourth-order valence-corrected chi connectivity index (χ4v) is 2.87. The Morgan fingerprint density at radius 1 is 1.07 bits per heavy atom. The van der Waals surface area contributed by atoms with E-state index in [1.807, 2.05) is 0 Å². The molecule has 0 aliphatic carbocycles. The first-order valence-corrected chi connectivity index (χ1v) is 8.54. The second kappa shape index (κ2) is 8.39. The Bertz CT molecular complexity index is 827. The third kappa shape index (κ3) is 5.10. The van der Waals surface area contributed by atoms with Crippen molar-refractivity contribution in [3.63, 3.8) is 0 Å². The summed E-state index contributed by atoms with van der Waals surface area (Å²) < 4.78 is 13.2. The summed E-state index contributed by atoms with van der Waals surface area (Å²) in [5.41, 5.74) is 1.63. The van der Waals surface area contributed by atoms with E-state index in [2.05, 4.69) is 15.6 Å². The summed E-state index contributed by atoms with van der Waals surface area (Å²) >= 11 is 0. The van der Waals surface area contributed by atoms with Crippen molar-refractivity contribution in [2.24, 2.45) is 0 Å². The minimum atomic E-state index is -0.807. The Morgan fingerprint density at radius 2 is 1.70 bits per heavy atom. The highest BCUT2D eigenvalue weighted by molar-refractivity contribution is 5.98. The van der Waals surface area contributed by atoms with Crippen LogP contribution >= 0.6 is 0 Å². The predicted octanol–water partition coefficient (Wildman–Crippen LogP) is 1.74. The summed E-state index contributed by atoms with van der Waals surface area (Å²) in [6.45, 7) is 0.543. The molecular formula is C19H19FN4O3. The molecule has 1 aliphatic heterocycles. The zero-order valence-electron chi connectivity index (χ0n) is 14.5. The van der Waals surface area contributed by atoms with Gasteiger partial charge in [0.1, 0.15) is 11.9 Å². The number of amides is 4. The zero-order valence-corrected chi connectivity index (χ0v) is 14.5. The standard InChI is InChI=1S/C19H19FN4O3/c20-15-3-1-13(2-4-15)11-24(12-14-7-9-21-10-8-14)18(26)16-5-6-17(25)23-19(27)22-16/h1-4,7-10,16H,5-6,11-12H2,(H2,22,23,25,27)/t16-/m0/s1. The largest absolute Gasteiger partial charge is 0.332 e. The lowest BCUT2D eigenvalue weighted by atomic mass is 10.1. The van der Waals surface area contributed by atoms with Crippen molar-refractivity contribution in [2.75, 3.05) is 0 Å². The van der Waals surface area contributed by atoms with Crippen LogP contribution in [0.15, 0.2) is 48.8 Å². The molecule has 0 unspecified atom stereocenters. The number of benzene rings is 1. The fraction of sp³-hybridized carbons (Fsp3) is 0.263. The molecule has 0 spiro atoms. The average molecular weight is 370 g/mol. The van der Waals surface area contributed by atoms with Gasteiger partial charge in [-0.1, -0.05) is 12.1 Å². The molecule has 0 saturated carbocycles. The number of imide groups is 1. The highest BCUT2D eigenvalue weighted by Gasteiger charge is 2.29. The molecule has 0 radical (unpaired) electrons. The normalized spacial score (nSPS) is 16.9. The Balaban J connectivity index is 1.81. The van der Waals surface area contributed by atoms with Crippen LogP contribution in [0.5, 0.6) is 0 Å². The lowest BCUT2D eigenvalue weighted by Gasteiger charge is -2.27. The maximum Gasteiger partial charge on any atom is 0.322 e. The number of carbonyl (C=O) groups is 3. The fourth-order valence-electron chi connectivity index (χ4n) is 2.87. The molecule has 1 aromatic carbocycles. The van der Waals surface area contributed by atoms with E-state index in [4.69, 9.17) is 0 Å². The van der Waals surface area contributed by atoms with E-state index < -0.39 is 18.0 Å². The van der Waals surface area contributed by atoms with E-state index in [1.165, 1.54) is 12.1 Å². The van der Waals surface area contributed by atoms with Crippen molar-refractivity contribution in [3.8, 4) is 0 Å². The van der Waals surface area contributed by atoms with Gasteiger partial charge in [0.2, 0.25) is 11.8 Å². The minimum Gasteiger partial charge on any atom is -0.332 e. The molecule has 27 heavy (non-hydrogen) atoms. The number of nitrogens with zero attached hydrogens (tertiary/aromatic N) is 2. The van der Waals surface area contributed by atoms with E-state index in [9.17, 15) is 18.8 Å². The number of hydrogen-bond donors (Lipinski definition) is 2. The summed E-state index contributed by atoms with van der Waals surface area (Å²) in [6, 6.07) is 7.99. The van der Waals surface area contributed by atoms with Crippen molar-refractivity contribution in [3.05, 3.63) is 65.7 Å². The molecule has 7 nitrogen and oxygen atoms in total. The number of carbonyl (C=O) groups excluding carboxylic acids is 3. The van der Waals surface area contributed by atoms with Crippen molar-refractivity contribution < 1.29 is 18.8 Å². The summed E-state index contributed by atoms with van der Waals surface area (Å²) in [4.78, 5) is 41.8. The van der Waals surface area contributed by atoms with Gasteiger partial charge >= 0.3 is 6.03 Å². The Labute approximate surface area is 155 Å². The third-order valence-electron chi connectivity index (χ3n) is 4.24. The lowest BCUT2D eigenvalue weighted by molar-refractivity contribution is -0.134. The monoisotopic (exact) mass is 370 g/mol. The molecule has 2 heterocycles. The van der Waals surface area contributed by atoms with Crippen LogP contribution < -0.4 is 10.6 Å².